The summed E-state index contributed by atoms with van der Waals surface area (Å²) >= 11 is 0. The molecule has 0 fully saturated rings. The van der Waals surface area contributed by atoms with Crippen molar-refractivity contribution in [2.24, 2.45) is 5.92 Å². The monoisotopic (exact) mass is 265 g/mol. The Labute approximate surface area is 115 Å². The highest BCUT2D eigenvalue weighted by atomic mass is 16.5. The second-order valence-electron chi connectivity index (χ2n) is 5.28. The molecule has 1 atom stereocenters. The predicted molar refractivity (Wildman–Crippen MR) is 75.7 cm³/mol. The van der Waals surface area contributed by atoms with Crippen LogP contribution >= 0.6 is 0 Å². The van der Waals surface area contributed by atoms with Gasteiger partial charge in [-0.3, -0.25) is 4.79 Å². The van der Waals surface area contributed by atoms with Crippen molar-refractivity contribution in [1.29, 1.82) is 0 Å². The number of amides is 1. The van der Waals surface area contributed by atoms with Gasteiger partial charge in [-0.15, -0.1) is 0 Å². The molecule has 0 radical (unpaired) electrons. The van der Waals surface area contributed by atoms with Gasteiger partial charge in [0.2, 0.25) is 0 Å². The van der Waals surface area contributed by atoms with Gasteiger partial charge < -0.3 is 14.7 Å². The SMILES string of the molecule is COc1ccc(O)c(C(=O)N(C)C(C)CC(C)C)c1. The minimum absolute atomic E-state index is 0.0191. The molecule has 1 aromatic carbocycles. The molecule has 0 aliphatic rings. The molecule has 1 rings (SSSR count). The lowest BCUT2D eigenvalue weighted by Gasteiger charge is -2.26. The van der Waals surface area contributed by atoms with E-state index in [1.807, 2.05) is 6.92 Å². The summed E-state index contributed by atoms with van der Waals surface area (Å²) in [6.07, 6.45) is 0.924. The molecule has 0 bridgehead atoms. The fourth-order valence-corrected chi connectivity index (χ4v) is 2.04. The zero-order chi connectivity index (χ0) is 14.6. The van der Waals surface area contributed by atoms with E-state index in [1.54, 1.807) is 24.1 Å². The smallest absolute Gasteiger partial charge is 0.257 e. The van der Waals surface area contributed by atoms with Crippen LogP contribution in [-0.2, 0) is 0 Å². The van der Waals surface area contributed by atoms with E-state index in [4.69, 9.17) is 4.74 Å². The predicted octanol–water partition coefficient (Wildman–Crippen LogP) is 2.91. The lowest BCUT2D eigenvalue weighted by molar-refractivity contribution is 0.0725. The minimum Gasteiger partial charge on any atom is -0.507 e. The Morgan fingerprint density at radius 1 is 1.37 bits per heavy atom. The highest BCUT2D eigenvalue weighted by molar-refractivity contribution is 5.97. The maximum atomic E-state index is 12.4. The summed E-state index contributed by atoms with van der Waals surface area (Å²) in [4.78, 5) is 14.0. The van der Waals surface area contributed by atoms with Crippen LogP contribution in [-0.4, -0.2) is 36.1 Å². The summed E-state index contributed by atoms with van der Waals surface area (Å²) < 4.78 is 5.08. The van der Waals surface area contributed by atoms with Gasteiger partial charge in [-0.25, -0.2) is 0 Å². The number of hydrogen-bond acceptors (Lipinski definition) is 3. The van der Waals surface area contributed by atoms with E-state index in [-0.39, 0.29) is 23.3 Å². The number of ether oxygens (including phenoxy) is 1. The van der Waals surface area contributed by atoms with E-state index in [9.17, 15) is 9.90 Å². The second kappa shape index (κ2) is 6.45. The van der Waals surface area contributed by atoms with Crippen molar-refractivity contribution in [2.45, 2.75) is 33.2 Å². The van der Waals surface area contributed by atoms with E-state index in [0.717, 1.165) is 6.42 Å². The van der Waals surface area contributed by atoms with Gasteiger partial charge in [0, 0.05) is 13.1 Å². The number of phenols is 1. The van der Waals surface area contributed by atoms with E-state index in [1.165, 1.54) is 13.2 Å². The van der Waals surface area contributed by atoms with Crippen LogP contribution in [0.5, 0.6) is 11.5 Å². The van der Waals surface area contributed by atoms with Gasteiger partial charge in [0.1, 0.15) is 11.5 Å². The first kappa shape index (κ1) is 15.3. The van der Waals surface area contributed by atoms with E-state index >= 15 is 0 Å². The van der Waals surface area contributed by atoms with Crippen LogP contribution < -0.4 is 4.74 Å². The third-order valence-corrected chi connectivity index (χ3v) is 3.23. The zero-order valence-corrected chi connectivity index (χ0v) is 12.3. The van der Waals surface area contributed by atoms with E-state index in [0.29, 0.717) is 11.7 Å². The minimum atomic E-state index is -0.190. The van der Waals surface area contributed by atoms with Crippen molar-refractivity contribution in [1.82, 2.24) is 4.90 Å². The highest BCUT2D eigenvalue weighted by Crippen LogP contribution is 2.25. The quantitative estimate of drug-likeness (QED) is 0.890. The summed E-state index contributed by atoms with van der Waals surface area (Å²) in [6, 6.07) is 4.80. The van der Waals surface area contributed by atoms with Gasteiger partial charge >= 0.3 is 0 Å². The molecule has 1 aromatic rings. The van der Waals surface area contributed by atoms with Gasteiger partial charge in [0.25, 0.3) is 5.91 Å². The second-order valence-corrected chi connectivity index (χ2v) is 5.28. The van der Waals surface area contributed by atoms with Crippen molar-refractivity contribution < 1.29 is 14.6 Å². The number of hydrogen-bond donors (Lipinski definition) is 1. The molecule has 1 unspecified atom stereocenters. The average molecular weight is 265 g/mol. The number of nitrogens with zero attached hydrogens (tertiary/aromatic N) is 1. The summed E-state index contributed by atoms with van der Waals surface area (Å²) in [5, 5.41) is 9.81. The van der Waals surface area contributed by atoms with Gasteiger partial charge in [0.05, 0.1) is 12.7 Å². The number of carbonyl (C=O) groups is 1. The fraction of sp³-hybridized carbons (Fsp3) is 0.533. The van der Waals surface area contributed by atoms with Gasteiger partial charge in [0.15, 0.2) is 0 Å². The van der Waals surface area contributed by atoms with E-state index in [2.05, 4.69) is 13.8 Å². The standard InChI is InChI=1S/C15H23NO3/c1-10(2)8-11(3)16(4)15(18)13-9-12(19-5)6-7-14(13)17/h6-7,9-11,17H,8H2,1-5H3. The van der Waals surface area contributed by atoms with Crippen LogP contribution in [0.2, 0.25) is 0 Å². The molecule has 19 heavy (non-hydrogen) atoms. The van der Waals surface area contributed by atoms with Crippen molar-refractivity contribution in [3.8, 4) is 11.5 Å². The summed E-state index contributed by atoms with van der Waals surface area (Å²) in [7, 11) is 3.29. The largest absolute Gasteiger partial charge is 0.507 e. The first-order valence-electron chi connectivity index (χ1n) is 6.51. The molecule has 0 heterocycles. The lowest BCUT2D eigenvalue weighted by Crippen LogP contribution is -2.35. The fourth-order valence-electron chi connectivity index (χ4n) is 2.04. The Bertz CT molecular complexity index is 443. The number of aromatic hydroxyl groups is 1. The van der Waals surface area contributed by atoms with Crippen molar-refractivity contribution in [3.05, 3.63) is 23.8 Å². The van der Waals surface area contributed by atoms with Crippen LogP contribution in [0.15, 0.2) is 18.2 Å². The Morgan fingerprint density at radius 3 is 2.53 bits per heavy atom. The molecule has 0 aromatic heterocycles. The van der Waals surface area contributed by atoms with Gasteiger partial charge in [-0.1, -0.05) is 13.8 Å². The topological polar surface area (TPSA) is 49.8 Å². The third kappa shape index (κ3) is 3.88. The first-order chi connectivity index (χ1) is 8.86. The Morgan fingerprint density at radius 2 is 2.00 bits per heavy atom. The van der Waals surface area contributed by atoms with Gasteiger partial charge in [-0.05, 0) is 37.5 Å². The molecule has 0 spiro atoms. The number of rotatable bonds is 5. The van der Waals surface area contributed by atoms with Crippen LogP contribution in [0.4, 0.5) is 0 Å². The number of carbonyl (C=O) groups excluding carboxylic acids is 1. The van der Waals surface area contributed by atoms with Crippen molar-refractivity contribution in [3.63, 3.8) is 0 Å². The molecule has 4 heteroatoms. The average Bonchev–Trinajstić information content (AvgIpc) is 2.36. The van der Waals surface area contributed by atoms with Crippen molar-refractivity contribution in [2.75, 3.05) is 14.2 Å². The maximum absolute atomic E-state index is 12.4. The molecule has 106 valence electrons. The summed E-state index contributed by atoms with van der Waals surface area (Å²) in [5.74, 6) is 0.870. The normalized spacial score (nSPS) is 12.3. The molecule has 4 nitrogen and oxygen atoms in total. The van der Waals surface area contributed by atoms with Crippen LogP contribution in [0.3, 0.4) is 0 Å². The molecule has 0 saturated carbocycles. The molecular formula is C15H23NO3. The molecular weight excluding hydrogens is 242 g/mol. The first-order valence-corrected chi connectivity index (χ1v) is 6.51. The number of benzene rings is 1. The molecule has 0 aliphatic carbocycles. The zero-order valence-electron chi connectivity index (χ0n) is 12.3. The molecule has 1 amide bonds. The molecule has 0 aliphatic heterocycles. The molecule has 0 saturated heterocycles. The van der Waals surface area contributed by atoms with Crippen LogP contribution in [0, 0.1) is 5.92 Å². The summed E-state index contributed by atoms with van der Waals surface area (Å²) in [5.41, 5.74) is 0.275. The highest BCUT2D eigenvalue weighted by Gasteiger charge is 2.21. The number of phenolic OH excluding ortho intramolecular Hbond substituents is 1. The van der Waals surface area contributed by atoms with Gasteiger partial charge in [-0.2, -0.15) is 0 Å². The lowest BCUT2D eigenvalue weighted by atomic mass is 10.0. The van der Waals surface area contributed by atoms with Crippen LogP contribution in [0.25, 0.3) is 0 Å². The van der Waals surface area contributed by atoms with Crippen molar-refractivity contribution >= 4 is 5.91 Å². The van der Waals surface area contributed by atoms with E-state index < -0.39 is 0 Å². The maximum Gasteiger partial charge on any atom is 0.257 e. The Kier molecular flexibility index (Phi) is 5.21. The summed E-state index contributed by atoms with van der Waals surface area (Å²) in [6.45, 7) is 6.25. The Balaban J connectivity index is 2.93. The third-order valence-electron chi connectivity index (χ3n) is 3.23. The van der Waals surface area contributed by atoms with Crippen LogP contribution in [0.1, 0.15) is 37.6 Å². The molecule has 1 N–H and O–H groups in total. The Hall–Kier alpha value is -1.71. The number of methoxy groups -OCH3 is 1.